The van der Waals surface area contributed by atoms with Crippen LogP contribution in [-0.4, -0.2) is 41.3 Å². The van der Waals surface area contributed by atoms with Crippen molar-refractivity contribution in [3.8, 4) is 33.8 Å². The minimum atomic E-state index is -0.258. The van der Waals surface area contributed by atoms with Gasteiger partial charge in [-0.15, -0.1) is 0 Å². The van der Waals surface area contributed by atoms with Crippen LogP contribution in [0.5, 0.6) is 0 Å². The van der Waals surface area contributed by atoms with E-state index >= 15 is 0 Å². The summed E-state index contributed by atoms with van der Waals surface area (Å²) in [6.07, 6.45) is 3.58. The van der Waals surface area contributed by atoms with E-state index in [1.807, 2.05) is 42.5 Å². The lowest BCUT2D eigenvalue weighted by Gasteiger charge is -2.28. The van der Waals surface area contributed by atoms with E-state index in [0.717, 1.165) is 46.9 Å². The summed E-state index contributed by atoms with van der Waals surface area (Å²) in [5.41, 5.74) is 4.45. The van der Waals surface area contributed by atoms with Gasteiger partial charge in [-0.05, 0) is 23.8 Å². The average molecular weight is 412 g/mol. The molecule has 0 radical (unpaired) electrons. The standard InChI is InChI=1S/C25H21FN4O/c26-22-8-6-18(7-9-22)20-14-21(17-27-16-20)23-15-24(30-10-12-31-13-11-30)29-25(28-23)19-4-2-1-3-5-19/h1-9,14-17H,10-13H2. The molecule has 0 unspecified atom stereocenters. The molecule has 154 valence electrons. The molecule has 0 aliphatic carbocycles. The van der Waals surface area contributed by atoms with E-state index < -0.39 is 0 Å². The average Bonchev–Trinajstić information content (AvgIpc) is 2.85. The highest BCUT2D eigenvalue weighted by atomic mass is 19.1. The van der Waals surface area contributed by atoms with Gasteiger partial charge in [0, 0.05) is 48.2 Å². The third kappa shape index (κ3) is 4.29. The monoisotopic (exact) mass is 412 g/mol. The van der Waals surface area contributed by atoms with Crippen molar-refractivity contribution in [1.29, 1.82) is 0 Å². The smallest absolute Gasteiger partial charge is 0.162 e. The molecule has 6 heteroatoms. The first kappa shape index (κ1) is 19.3. The van der Waals surface area contributed by atoms with Gasteiger partial charge in [0.1, 0.15) is 11.6 Å². The number of benzene rings is 2. The first-order valence-electron chi connectivity index (χ1n) is 10.2. The minimum Gasteiger partial charge on any atom is -0.378 e. The summed E-state index contributed by atoms with van der Waals surface area (Å²) >= 11 is 0. The molecule has 1 saturated heterocycles. The fourth-order valence-electron chi connectivity index (χ4n) is 3.63. The van der Waals surface area contributed by atoms with Gasteiger partial charge in [0.15, 0.2) is 5.82 Å². The Morgan fingerprint density at radius 1 is 0.742 bits per heavy atom. The highest BCUT2D eigenvalue weighted by Gasteiger charge is 2.17. The zero-order valence-electron chi connectivity index (χ0n) is 16.9. The number of ether oxygens (including phenoxy) is 1. The van der Waals surface area contributed by atoms with E-state index in [1.165, 1.54) is 12.1 Å². The van der Waals surface area contributed by atoms with E-state index in [2.05, 4.69) is 9.88 Å². The first-order valence-corrected chi connectivity index (χ1v) is 10.2. The molecule has 31 heavy (non-hydrogen) atoms. The molecule has 3 heterocycles. The minimum absolute atomic E-state index is 0.258. The van der Waals surface area contributed by atoms with Crippen LogP contribution < -0.4 is 4.90 Å². The van der Waals surface area contributed by atoms with Crippen molar-refractivity contribution in [2.24, 2.45) is 0 Å². The summed E-state index contributed by atoms with van der Waals surface area (Å²) in [5, 5.41) is 0. The number of aromatic nitrogens is 3. The van der Waals surface area contributed by atoms with Crippen LogP contribution >= 0.6 is 0 Å². The Labute approximate surface area is 180 Å². The quantitative estimate of drug-likeness (QED) is 0.480. The Balaban J connectivity index is 1.59. The van der Waals surface area contributed by atoms with Crippen LogP contribution in [0.4, 0.5) is 10.2 Å². The van der Waals surface area contributed by atoms with Crippen LogP contribution in [0.25, 0.3) is 33.8 Å². The van der Waals surface area contributed by atoms with Gasteiger partial charge in [-0.2, -0.15) is 0 Å². The molecule has 2 aromatic carbocycles. The third-order valence-corrected chi connectivity index (χ3v) is 5.29. The SMILES string of the molecule is Fc1ccc(-c2cncc(-c3cc(N4CCOCC4)nc(-c4ccccc4)n3)c2)cc1. The normalized spacial score (nSPS) is 13.9. The van der Waals surface area contributed by atoms with E-state index in [1.54, 1.807) is 24.5 Å². The maximum atomic E-state index is 13.3. The summed E-state index contributed by atoms with van der Waals surface area (Å²) in [6.45, 7) is 2.94. The molecule has 0 N–H and O–H groups in total. The van der Waals surface area contributed by atoms with Crippen molar-refractivity contribution in [3.63, 3.8) is 0 Å². The van der Waals surface area contributed by atoms with Crippen molar-refractivity contribution in [3.05, 3.63) is 84.9 Å². The van der Waals surface area contributed by atoms with Gasteiger partial charge < -0.3 is 9.64 Å². The number of nitrogens with zero attached hydrogens (tertiary/aromatic N) is 4. The van der Waals surface area contributed by atoms with E-state index in [-0.39, 0.29) is 5.82 Å². The molecule has 1 aliphatic heterocycles. The Kier molecular flexibility index (Phi) is 5.37. The molecule has 5 nitrogen and oxygen atoms in total. The van der Waals surface area contributed by atoms with Crippen LogP contribution in [0.15, 0.2) is 79.1 Å². The van der Waals surface area contributed by atoms with Gasteiger partial charge in [0.05, 0.1) is 18.9 Å². The number of rotatable bonds is 4. The topological polar surface area (TPSA) is 51.1 Å². The Hall–Kier alpha value is -3.64. The Morgan fingerprint density at radius 3 is 2.26 bits per heavy atom. The molecule has 1 aliphatic rings. The maximum absolute atomic E-state index is 13.3. The fourth-order valence-corrected chi connectivity index (χ4v) is 3.63. The highest BCUT2D eigenvalue weighted by molar-refractivity contribution is 5.73. The number of hydrogen-bond acceptors (Lipinski definition) is 5. The predicted molar refractivity (Wildman–Crippen MR) is 119 cm³/mol. The molecule has 5 rings (SSSR count). The summed E-state index contributed by atoms with van der Waals surface area (Å²) < 4.78 is 18.8. The lowest BCUT2D eigenvalue weighted by Crippen LogP contribution is -2.36. The van der Waals surface area contributed by atoms with Gasteiger partial charge in [-0.3, -0.25) is 4.98 Å². The fraction of sp³-hybridized carbons (Fsp3) is 0.160. The van der Waals surface area contributed by atoms with Crippen LogP contribution in [0.3, 0.4) is 0 Å². The van der Waals surface area contributed by atoms with Gasteiger partial charge in [0.2, 0.25) is 0 Å². The number of hydrogen-bond donors (Lipinski definition) is 0. The largest absolute Gasteiger partial charge is 0.378 e. The van der Waals surface area contributed by atoms with Gasteiger partial charge in [-0.25, -0.2) is 14.4 Å². The summed E-state index contributed by atoms with van der Waals surface area (Å²) in [6, 6.07) is 20.4. The van der Waals surface area contributed by atoms with Crippen LogP contribution in [0, 0.1) is 5.82 Å². The number of pyridine rings is 1. The Bertz CT molecular complexity index is 1180. The second-order valence-electron chi connectivity index (χ2n) is 7.37. The maximum Gasteiger partial charge on any atom is 0.162 e. The van der Waals surface area contributed by atoms with Crippen molar-refractivity contribution >= 4 is 5.82 Å². The van der Waals surface area contributed by atoms with E-state index in [4.69, 9.17) is 14.7 Å². The highest BCUT2D eigenvalue weighted by Crippen LogP contribution is 2.29. The second kappa shape index (κ2) is 8.62. The van der Waals surface area contributed by atoms with Crippen LogP contribution in [0.2, 0.25) is 0 Å². The molecule has 0 spiro atoms. The number of halogens is 1. The number of morpholine rings is 1. The molecule has 2 aromatic heterocycles. The Morgan fingerprint density at radius 2 is 1.48 bits per heavy atom. The molecule has 0 bridgehead atoms. The summed E-state index contributed by atoms with van der Waals surface area (Å²) in [5.74, 6) is 1.29. The molecular weight excluding hydrogens is 391 g/mol. The molecule has 0 amide bonds. The second-order valence-corrected chi connectivity index (χ2v) is 7.37. The lowest BCUT2D eigenvalue weighted by molar-refractivity contribution is 0.122. The molecule has 4 aromatic rings. The lowest BCUT2D eigenvalue weighted by atomic mass is 10.0. The molecular formula is C25H21FN4O. The van der Waals surface area contributed by atoms with Crippen molar-refractivity contribution in [1.82, 2.24) is 15.0 Å². The number of anilines is 1. The van der Waals surface area contributed by atoms with E-state index in [9.17, 15) is 4.39 Å². The van der Waals surface area contributed by atoms with Crippen molar-refractivity contribution in [2.45, 2.75) is 0 Å². The summed E-state index contributed by atoms with van der Waals surface area (Å²) in [4.78, 5) is 16.3. The third-order valence-electron chi connectivity index (χ3n) is 5.29. The zero-order chi connectivity index (χ0) is 21.0. The van der Waals surface area contributed by atoms with Crippen molar-refractivity contribution in [2.75, 3.05) is 31.2 Å². The van der Waals surface area contributed by atoms with Crippen molar-refractivity contribution < 1.29 is 9.13 Å². The molecule has 0 saturated carbocycles. The predicted octanol–water partition coefficient (Wildman–Crippen LogP) is 4.85. The summed E-state index contributed by atoms with van der Waals surface area (Å²) in [7, 11) is 0. The van der Waals surface area contributed by atoms with Crippen LogP contribution in [0.1, 0.15) is 0 Å². The molecule has 0 atom stereocenters. The van der Waals surface area contributed by atoms with Gasteiger partial charge in [0.25, 0.3) is 0 Å². The first-order chi connectivity index (χ1) is 15.3. The zero-order valence-corrected chi connectivity index (χ0v) is 16.9. The van der Waals surface area contributed by atoms with Crippen LogP contribution in [-0.2, 0) is 4.74 Å². The van der Waals surface area contributed by atoms with Gasteiger partial charge in [-0.1, -0.05) is 42.5 Å². The van der Waals surface area contributed by atoms with E-state index in [0.29, 0.717) is 19.0 Å². The molecule has 1 fully saturated rings. The van der Waals surface area contributed by atoms with Gasteiger partial charge >= 0.3 is 0 Å².